The number of hydrogen-bond acceptors (Lipinski definition) is 5. The molecule has 2 saturated heterocycles. The Morgan fingerprint density at radius 1 is 1.41 bits per heavy atom. The van der Waals surface area contributed by atoms with Crippen molar-refractivity contribution in [3.8, 4) is 11.5 Å². The molecule has 2 aliphatic rings. The molecule has 0 radical (unpaired) electrons. The molecule has 0 aliphatic carbocycles. The summed E-state index contributed by atoms with van der Waals surface area (Å²) in [5.74, 6) is 1.31. The van der Waals surface area contributed by atoms with Gasteiger partial charge >= 0.3 is 0 Å². The van der Waals surface area contributed by atoms with Gasteiger partial charge in [0.2, 0.25) is 5.91 Å². The fourth-order valence-corrected chi connectivity index (χ4v) is 4.36. The van der Waals surface area contributed by atoms with Crippen LogP contribution in [0.15, 0.2) is 28.2 Å². The average molecular weight is 317 g/mol. The van der Waals surface area contributed by atoms with Crippen molar-refractivity contribution >= 4 is 22.4 Å². The Morgan fingerprint density at radius 2 is 2.23 bits per heavy atom. The van der Waals surface area contributed by atoms with Crippen LogP contribution in [0.3, 0.4) is 0 Å². The zero-order valence-corrected chi connectivity index (χ0v) is 13.1. The van der Waals surface area contributed by atoms with E-state index in [1.807, 2.05) is 17.5 Å². The van der Waals surface area contributed by atoms with Crippen LogP contribution >= 0.6 is 11.3 Å². The van der Waals surface area contributed by atoms with Gasteiger partial charge in [0, 0.05) is 23.9 Å². The summed E-state index contributed by atoms with van der Waals surface area (Å²) >= 11 is 1.44. The van der Waals surface area contributed by atoms with Gasteiger partial charge in [0.05, 0.1) is 6.26 Å². The van der Waals surface area contributed by atoms with Crippen LogP contribution < -0.4 is 10.6 Å². The highest BCUT2D eigenvalue weighted by Crippen LogP contribution is 2.33. The van der Waals surface area contributed by atoms with Crippen LogP contribution in [0.5, 0.6) is 0 Å². The van der Waals surface area contributed by atoms with E-state index in [1.54, 1.807) is 6.26 Å². The van der Waals surface area contributed by atoms with Crippen molar-refractivity contribution in [2.45, 2.75) is 44.2 Å². The van der Waals surface area contributed by atoms with E-state index in [9.17, 15) is 4.79 Å². The highest BCUT2D eigenvalue weighted by molar-refractivity contribution is 7.14. The number of aromatic nitrogens is 1. The van der Waals surface area contributed by atoms with Crippen LogP contribution in [0.4, 0.5) is 5.13 Å². The predicted octanol–water partition coefficient (Wildman–Crippen LogP) is 3.26. The summed E-state index contributed by atoms with van der Waals surface area (Å²) in [6.45, 7) is 0. The quantitative estimate of drug-likeness (QED) is 0.908. The maximum atomic E-state index is 12.2. The van der Waals surface area contributed by atoms with Crippen molar-refractivity contribution in [3.63, 3.8) is 0 Å². The molecule has 0 spiro atoms. The molecular weight excluding hydrogens is 298 g/mol. The molecule has 5 nitrogen and oxygen atoms in total. The van der Waals surface area contributed by atoms with Crippen molar-refractivity contribution in [2.24, 2.45) is 5.92 Å². The molecular formula is C16H19N3O2S. The summed E-state index contributed by atoms with van der Waals surface area (Å²) in [5.41, 5.74) is 0.769. The summed E-state index contributed by atoms with van der Waals surface area (Å²) in [6.07, 6.45) is 7.01. The van der Waals surface area contributed by atoms with Gasteiger partial charge in [0.15, 0.2) is 10.9 Å². The van der Waals surface area contributed by atoms with Crippen molar-refractivity contribution in [2.75, 3.05) is 5.32 Å². The van der Waals surface area contributed by atoms with Gasteiger partial charge in [-0.05, 0) is 43.7 Å². The molecule has 4 heterocycles. The highest BCUT2D eigenvalue weighted by Gasteiger charge is 2.34. The molecule has 4 rings (SSSR count). The zero-order valence-electron chi connectivity index (χ0n) is 12.2. The number of furan rings is 1. The number of hydrogen-bond donors (Lipinski definition) is 2. The molecule has 2 bridgehead atoms. The lowest BCUT2D eigenvalue weighted by Gasteiger charge is -2.28. The van der Waals surface area contributed by atoms with E-state index >= 15 is 0 Å². The SMILES string of the molecule is O=C(CC1CC2CCC(C1)N2)Nc1nc(-c2ccco2)cs1. The molecule has 0 saturated carbocycles. The van der Waals surface area contributed by atoms with Crippen LogP contribution in [0.1, 0.15) is 32.1 Å². The topological polar surface area (TPSA) is 67.2 Å². The van der Waals surface area contributed by atoms with Gasteiger partial charge < -0.3 is 15.1 Å². The normalized spacial score (nSPS) is 27.0. The maximum absolute atomic E-state index is 12.2. The summed E-state index contributed by atoms with van der Waals surface area (Å²) in [4.78, 5) is 16.6. The van der Waals surface area contributed by atoms with Gasteiger partial charge in [-0.3, -0.25) is 4.79 Å². The fourth-order valence-electron chi connectivity index (χ4n) is 3.64. The van der Waals surface area contributed by atoms with Crippen LogP contribution in [0.25, 0.3) is 11.5 Å². The van der Waals surface area contributed by atoms with Crippen LogP contribution in [-0.4, -0.2) is 23.0 Å². The molecule has 0 aromatic carbocycles. The second kappa shape index (κ2) is 5.85. The van der Waals surface area contributed by atoms with Gasteiger partial charge in [-0.2, -0.15) is 0 Å². The van der Waals surface area contributed by atoms with E-state index < -0.39 is 0 Å². The van der Waals surface area contributed by atoms with Gasteiger partial charge in [0.1, 0.15) is 5.69 Å². The minimum absolute atomic E-state index is 0.0756. The minimum Gasteiger partial charge on any atom is -0.463 e. The number of amides is 1. The first-order chi connectivity index (χ1) is 10.8. The molecule has 2 N–H and O–H groups in total. The Labute approximate surface area is 133 Å². The fraction of sp³-hybridized carbons (Fsp3) is 0.500. The Hall–Kier alpha value is -1.66. The van der Waals surface area contributed by atoms with E-state index in [4.69, 9.17) is 4.42 Å². The first kappa shape index (κ1) is 14.0. The lowest BCUT2D eigenvalue weighted by atomic mass is 9.89. The number of nitrogens with zero attached hydrogens (tertiary/aromatic N) is 1. The van der Waals surface area contributed by atoms with Gasteiger partial charge in [-0.25, -0.2) is 4.98 Å². The van der Waals surface area contributed by atoms with E-state index in [1.165, 1.54) is 24.2 Å². The summed E-state index contributed by atoms with van der Waals surface area (Å²) in [5, 5.41) is 9.09. The Kier molecular flexibility index (Phi) is 3.72. The molecule has 6 heteroatoms. The smallest absolute Gasteiger partial charge is 0.226 e. The lowest BCUT2D eigenvalue weighted by molar-refractivity contribution is -0.117. The minimum atomic E-state index is 0.0756. The van der Waals surface area contributed by atoms with Crippen molar-refractivity contribution in [3.05, 3.63) is 23.8 Å². The van der Waals surface area contributed by atoms with E-state index in [2.05, 4.69) is 15.6 Å². The van der Waals surface area contributed by atoms with Gasteiger partial charge in [0.25, 0.3) is 0 Å². The number of fused-ring (bicyclic) bond motifs is 2. The van der Waals surface area contributed by atoms with E-state index in [-0.39, 0.29) is 5.91 Å². The molecule has 2 fully saturated rings. The Morgan fingerprint density at radius 3 is 2.95 bits per heavy atom. The number of rotatable bonds is 4. The van der Waals surface area contributed by atoms with Gasteiger partial charge in [-0.15, -0.1) is 11.3 Å². The molecule has 2 aliphatic heterocycles. The number of nitrogens with one attached hydrogen (secondary N) is 2. The Bertz CT molecular complexity index is 640. The largest absolute Gasteiger partial charge is 0.463 e. The van der Waals surface area contributed by atoms with Crippen molar-refractivity contribution in [1.29, 1.82) is 0 Å². The molecule has 1 amide bonds. The van der Waals surface area contributed by atoms with Crippen LogP contribution in [-0.2, 0) is 4.79 Å². The third-order valence-corrected chi connectivity index (χ3v) is 5.33. The number of thiazole rings is 1. The monoisotopic (exact) mass is 317 g/mol. The maximum Gasteiger partial charge on any atom is 0.226 e. The predicted molar refractivity (Wildman–Crippen MR) is 85.7 cm³/mol. The summed E-state index contributed by atoms with van der Waals surface area (Å²) in [6, 6.07) is 4.95. The first-order valence-electron chi connectivity index (χ1n) is 7.81. The first-order valence-corrected chi connectivity index (χ1v) is 8.69. The summed E-state index contributed by atoms with van der Waals surface area (Å²) in [7, 11) is 0. The lowest BCUT2D eigenvalue weighted by Crippen LogP contribution is -2.39. The average Bonchev–Trinajstić information content (AvgIpc) is 3.20. The third-order valence-electron chi connectivity index (χ3n) is 4.57. The number of carbonyl (C=O) groups is 1. The highest BCUT2D eigenvalue weighted by atomic mass is 32.1. The van der Waals surface area contributed by atoms with Crippen molar-refractivity contribution < 1.29 is 9.21 Å². The molecule has 116 valence electrons. The number of piperidine rings is 1. The molecule has 2 unspecified atom stereocenters. The molecule has 22 heavy (non-hydrogen) atoms. The summed E-state index contributed by atoms with van der Waals surface area (Å²) < 4.78 is 5.31. The molecule has 2 aromatic rings. The van der Waals surface area contributed by atoms with E-state index in [0.29, 0.717) is 29.6 Å². The van der Waals surface area contributed by atoms with Crippen LogP contribution in [0.2, 0.25) is 0 Å². The second-order valence-corrected chi connectivity index (χ2v) is 7.10. The zero-order chi connectivity index (χ0) is 14.9. The standard InChI is InChI=1S/C16H19N3O2S/c20-15(8-10-6-11-3-4-12(7-10)17-11)19-16-18-13(9-22-16)14-2-1-5-21-14/h1-2,5,9-12,17H,3-4,6-8H2,(H,18,19,20). The number of anilines is 1. The third kappa shape index (κ3) is 2.94. The second-order valence-electron chi connectivity index (χ2n) is 6.24. The van der Waals surface area contributed by atoms with E-state index in [0.717, 1.165) is 24.3 Å². The molecule has 2 aromatic heterocycles. The number of carbonyl (C=O) groups excluding carboxylic acids is 1. The van der Waals surface area contributed by atoms with Crippen LogP contribution in [0, 0.1) is 5.92 Å². The van der Waals surface area contributed by atoms with Crippen molar-refractivity contribution in [1.82, 2.24) is 10.3 Å². The van der Waals surface area contributed by atoms with Gasteiger partial charge in [-0.1, -0.05) is 0 Å². The Balaban J connectivity index is 1.34. The molecule has 2 atom stereocenters.